The maximum Gasteiger partial charge on any atom is 0.119 e. The van der Waals surface area contributed by atoms with Gasteiger partial charge in [-0.1, -0.05) is 56.3 Å². The monoisotopic (exact) mass is 254 g/mol. The van der Waals surface area contributed by atoms with Crippen LogP contribution in [0.4, 0.5) is 0 Å². The molecule has 0 heterocycles. The van der Waals surface area contributed by atoms with Crippen molar-refractivity contribution < 1.29 is 4.74 Å². The first-order chi connectivity index (χ1) is 9.31. The van der Waals surface area contributed by atoms with Crippen LogP contribution in [0.2, 0.25) is 0 Å². The van der Waals surface area contributed by atoms with Crippen LogP contribution >= 0.6 is 0 Å². The summed E-state index contributed by atoms with van der Waals surface area (Å²) in [5.74, 6) is 0.977. The minimum atomic E-state index is 0.333. The second-order valence-electron chi connectivity index (χ2n) is 4.86. The van der Waals surface area contributed by atoms with Crippen molar-refractivity contribution in [3.63, 3.8) is 0 Å². The average molecular weight is 254 g/mol. The van der Waals surface area contributed by atoms with Gasteiger partial charge in [0.15, 0.2) is 0 Å². The fourth-order valence-electron chi connectivity index (χ4n) is 2.17. The number of hydrogen-bond donors (Lipinski definition) is 0. The number of benzene rings is 2. The summed E-state index contributed by atoms with van der Waals surface area (Å²) in [7, 11) is 0. The van der Waals surface area contributed by atoms with Gasteiger partial charge >= 0.3 is 0 Å². The lowest BCUT2D eigenvalue weighted by atomic mass is 10.1. The molecule has 0 atom stereocenters. The number of rotatable bonds is 6. The molecule has 0 bridgehead atoms. The van der Waals surface area contributed by atoms with Crippen molar-refractivity contribution >= 4 is 0 Å². The lowest BCUT2D eigenvalue weighted by molar-refractivity contribution is 0.193. The summed E-state index contributed by atoms with van der Waals surface area (Å²) in [5, 5.41) is 0. The SMILES string of the molecule is CCC(CC)Oc1ccc(Cc2ccccc2)cc1. The van der Waals surface area contributed by atoms with Crippen LogP contribution in [0, 0.1) is 0 Å². The summed E-state index contributed by atoms with van der Waals surface area (Å²) in [6.45, 7) is 4.33. The van der Waals surface area contributed by atoms with Crippen molar-refractivity contribution in [2.45, 2.75) is 39.2 Å². The van der Waals surface area contributed by atoms with Gasteiger partial charge in [-0.15, -0.1) is 0 Å². The van der Waals surface area contributed by atoms with Crippen LogP contribution in [-0.2, 0) is 6.42 Å². The van der Waals surface area contributed by atoms with Crippen LogP contribution in [0.3, 0.4) is 0 Å². The largest absolute Gasteiger partial charge is 0.490 e. The maximum atomic E-state index is 5.92. The van der Waals surface area contributed by atoms with E-state index in [-0.39, 0.29) is 0 Å². The second kappa shape index (κ2) is 6.98. The van der Waals surface area contributed by atoms with Crippen molar-refractivity contribution in [3.8, 4) is 5.75 Å². The first-order valence-electron chi connectivity index (χ1n) is 7.11. The van der Waals surface area contributed by atoms with Gasteiger partial charge in [-0.3, -0.25) is 0 Å². The van der Waals surface area contributed by atoms with E-state index in [1.54, 1.807) is 0 Å². The number of hydrogen-bond acceptors (Lipinski definition) is 1. The summed E-state index contributed by atoms with van der Waals surface area (Å²) in [5.41, 5.74) is 2.67. The molecule has 0 aliphatic rings. The van der Waals surface area contributed by atoms with Crippen LogP contribution < -0.4 is 4.74 Å². The predicted molar refractivity (Wildman–Crippen MR) is 80.7 cm³/mol. The molecule has 0 fully saturated rings. The first-order valence-corrected chi connectivity index (χ1v) is 7.11. The Morgan fingerprint density at radius 3 is 1.95 bits per heavy atom. The van der Waals surface area contributed by atoms with Gasteiger partial charge < -0.3 is 4.74 Å². The van der Waals surface area contributed by atoms with E-state index in [1.807, 2.05) is 0 Å². The standard InChI is InChI=1S/C18H22O/c1-3-17(4-2)19-18-12-10-16(11-13-18)14-15-8-6-5-7-9-15/h5-13,17H,3-4,14H2,1-2H3. The Hall–Kier alpha value is -1.76. The second-order valence-corrected chi connectivity index (χ2v) is 4.86. The van der Waals surface area contributed by atoms with E-state index in [0.29, 0.717) is 6.10 Å². The van der Waals surface area contributed by atoms with Crippen molar-refractivity contribution in [2.75, 3.05) is 0 Å². The third-order valence-corrected chi connectivity index (χ3v) is 3.39. The minimum Gasteiger partial charge on any atom is -0.490 e. The van der Waals surface area contributed by atoms with Gasteiger partial charge in [-0.2, -0.15) is 0 Å². The quantitative estimate of drug-likeness (QED) is 0.716. The Morgan fingerprint density at radius 2 is 1.37 bits per heavy atom. The van der Waals surface area contributed by atoms with Gasteiger partial charge in [0.1, 0.15) is 5.75 Å². The van der Waals surface area contributed by atoms with Gasteiger partial charge in [0.2, 0.25) is 0 Å². The normalized spacial score (nSPS) is 10.7. The minimum absolute atomic E-state index is 0.333. The Bertz CT molecular complexity index is 469. The highest BCUT2D eigenvalue weighted by atomic mass is 16.5. The summed E-state index contributed by atoms with van der Waals surface area (Å²) in [6.07, 6.45) is 3.43. The molecule has 0 aliphatic carbocycles. The van der Waals surface area contributed by atoms with E-state index in [2.05, 4.69) is 68.4 Å². The van der Waals surface area contributed by atoms with Crippen LogP contribution in [0.25, 0.3) is 0 Å². The summed E-state index contributed by atoms with van der Waals surface area (Å²) in [6, 6.07) is 19.0. The van der Waals surface area contributed by atoms with Gasteiger partial charge in [-0.25, -0.2) is 0 Å². The zero-order valence-electron chi connectivity index (χ0n) is 11.8. The highest BCUT2D eigenvalue weighted by Gasteiger charge is 2.04. The molecule has 0 aliphatic heterocycles. The molecule has 0 unspecified atom stereocenters. The fourth-order valence-corrected chi connectivity index (χ4v) is 2.17. The van der Waals surface area contributed by atoms with Gasteiger partial charge in [-0.05, 0) is 42.5 Å². The Morgan fingerprint density at radius 1 is 0.789 bits per heavy atom. The van der Waals surface area contributed by atoms with E-state index in [9.17, 15) is 0 Å². The van der Waals surface area contributed by atoms with E-state index in [1.165, 1.54) is 11.1 Å². The Kier molecular flexibility index (Phi) is 5.02. The van der Waals surface area contributed by atoms with Crippen molar-refractivity contribution in [1.29, 1.82) is 0 Å². The first kappa shape index (κ1) is 13.7. The highest BCUT2D eigenvalue weighted by molar-refractivity contribution is 5.31. The molecule has 1 heteroatoms. The van der Waals surface area contributed by atoms with Crippen LogP contribution in [0.5, 0.6) is 5.75 Å². The van der Waals surface area contributed by atoms with E-state index in [4.69, 9.17) is 4.74 Å². The Balaban J connectivity index is 1.98. The highest BCUT2D eigenvalue weighted by Crippen LogP contribution is 2.18. The van der Waals surface area contributed by atoms with Gasteiger partial charge in [0.05, 0.1) is 6.10 Å². The molecule has 19 heavy (non-hydrogen) atoms. The average Bonchev–Trinajstić information content (AvgIpc) is 2.47. The van der Waals surface area contributed by atoms with E-state index < -0.39 is 0 Å². The molecule has 1 nitrogen and oxygen atoms in total. The number of ether oxygens (including phenoxy) is 1. The lowest BCUT2D eigenvalue weighted by Gasteiger charge is -2.15. The predicted octanol–water partition coefficient (Wildman–Crippen LogP) is 4.84. The molecule has 2 aromatic rings. The molecule has 0 saturated carbocycles. The topological polar surface area (TPSA) is 9.23 Å². The molecule has 0 radical (unpaired) electrons. The fraction of sp³-hybridized carbons (Fsp3) is 0.333. The summed E-state index contributed by atoms with van der Waals surface area (Å²) in [4.78, 5) is 0. The van der Waals surface area contributed by atoms with Gasteiger partial charge in [0, 0.05) is 0 Å². The molecule has 0 saturated heterocycles. The van der Waals surface area contributed by atoms with Crippen molar-refractivity contribution in [1.82, 2.24) is 0 Å². The third-order valence-electron chi connectivity index (χ3n) is 3.39. The van der Waals surface area contributed by atoms with Gasteiger partial charge in [0.25, 0.3) is 0 Å². The van der Waals surface area contributed by atoms with E-state index >= 15 is 0 Å². The molecular formula is C18H22O. The zero-order valence-corrected chi connectivity index (χ0v) is 11.8. The molecule has 100 valence electrons. The molecule has 2 rings (SSSR count). The lowest BCUT2D eigenvalue weighted by Crippen LogP contribution is -2.13. The molecule has 2 aromatic carbocycles. The molecule has 0 spiro atoms. The van der Waals surface area contributed by atoms with Crippen molar-refractivity contribution in [3.05, 3.63) is 65.7 Å². The van der Waals surface area contributed by atoms with Crippen LogP contribution in [0.1, 0.15) is 37.8 Å². The summed E-state index contributed by atoms with van der Waals surface area (Å²) >= 11 is 0. The van der Waals surface area contributed by atoms with Crippen LogP contribution in [0.15, 0.2) is 54.6 Å². The maximum absolute atomic E-state index is 5.92. The van der Waals surface area contributed by atoms with Crippen LogP contribution in [-0.4, -0.2) is 6.10 Å². The smallest absolute Gasteiger partial charge is 0.119 e. The van der Waals surface area contributed by atoms with Crippen molar-refractivity contribution in [2.24, 2.45) is 0 Å². The van der Waals surface area contributed by atoms with E-state index in [0.717, 1.165) is 25.0 Å². The summed E-state index contributed by atoms with van der Waals surface area (Å²) < 4.78 is 5.92. The molecule has 0 amide bonds. The Labute approximate surface area is 116 Å². The third kappa shape index (κ3) is 4.13. The molecular weight excluding hydrogens is 232 g/mol. The molecule has 0 N–H and O–H groups in total. The zero-order chi connectivity index (χ0) is 13.5. The molecule has 0 aromatic heterocycles.